The average molecular weight is 326 g/mol. The highest BCUT2D eigenvalue weighted by atomic mass is 32.1. The molecule has 118 valence electrons. The maximum atomic E-state index is 5.41. The molecule has 0 bridgehead atoms. The molecule has 1 aliphatic carbocycles. The van der Waals surface area contributed by atoms with Crippen LogP contribution in [0.2, 0.25) is 0 Å². The van der Waals surface area contributed by atoms with Gasteiger partial charge in [0.15, 0.2) is 11.0 Å². The van der Waals surface area contributed by atoms with Crippen LogP contribution in [0, 0.1) is 0 Å². The van der Waals surface area contributed by atoms with Crippen LogP contribution in [0.4, 0.5) is 5.13 Å². The van der Waals surface area contributed by atoms with E-state index in [9.17, 15) is 0 Å². The predicted octanol–water partition coefficient (Wildman–Crippen LogP) is 3.94. The minimum Gasteiger partial charge on any atom is -0.348 e. The molecule has 3 heterocycles. The number of thiazole rings is 1. The van der Waals surface area contributed by atoms with Gasteiger partial charge in [0.1, 0.15) is 0 Å². The summed E-state index contributed by atoms with van der Waals surface area (Å²) < 4.78 is 6.67. The van der Waals surface area contributed by atoms with E-state index in [1.165, 1.54) is 17.5 Å². The van der Waals surface area contributed by atoms with Gasteiger partial charge in [0, 0.05) is 24.9 Å². The smallest absolute Gasteiger partial charge is 0.229 e. The van der Waals surface area contributed by atoms with Crippen LogP contribution in [0.15, 0.2) is 28.8 Å². The zero-order chi connectivity index (χ0) is 15.2. The Bertz CT molecular complexity index is 797. The quantitative estimate of drug-likeness (QED) is 0.729. The second kappa shape index (κ2) is 5.30. The molecule has 1 saturated carbocycles. The molecule has 3 aromatic rings. The van der Waals surface area contributed by atoms with Gasteiger partial charge >= 0.3 is 0 Å². The van der Waals surface area contributed by atoms with Crippen molar-refractivity contribution in [1.82, 2.24) is 15.1 Å². The Morgan fingerprint density at radius 2 is 1.83 bits per heavy atom. The minimum atomic E-state index is 0.428. The molecule has 0 N–H and O–H groups in total. The van der Waals surface area contributed by atoms with Crippen LogP contribution in [-0.4, -0.2) is 28.2 Å². The number of benzene rings is 1. The van der Waals surface area contributed by atoms with Crippen LogP contribution < -0.4 is 4.90 Å². The zero-order valence-corrected chi connectivity index (χ0v) is 13.6. The molecular weight excluding hydrogens is 308 g/mol. The van der Waals surface area contributed by atoms with Crippen LogP contribution in [0.3, 0.4) is 0 Å². The number of piperidine rings is 1. The summed E-state index contributed by atoms with van der Waals surface area (Å²) in [6, 6.07) is 8.35. The normalized spacial score (nSPS) is 19.6. The Morgan fingerprint density at radius 1 is 1.00 bits per heavy atom. The molecule has 0 radical (unpaired) electrons. The molecule has 5 rings (SSSR count). The largest absolute Gasteiger partial charge is 0.348 e. The summed E-state index contributed by atoms with van der Waals surface area (Å²) in [6.07, 6.45) is 4.55. The first-order valence-electron chi connectivity index (χ1n) is 8.31. The van der Waals surface area contributed by atoms with Crippen molar-refractivity contribution in [3.8, 4) is 0 Å². The van der Waals surface area contributed by atoms with Crippen LogP contribution in [-0.2, 0) is 0 Å². The third-order valence-electron chi connectivity index (χ3n) is 4.80. The summed E-state index contributed by atoms with van der Waals surface area (Å²) in [5.74, 6) is 2.74. The van der Waals surface area contributed by atoms with Crippen molar-refractivity contribution in [1.29, 1.82) is 0 Å². The molecule has 2 fully saturated rings. The molecule has 6 heteroatoms. The number of anilines is 1. The lowest BCUT2D eigenvalue weighted by molar-refractivity contribution is 0.365. The van der Waals surface area contributed by atoms with Gasteiger partial charge in [-0.1, -0.05) is 28.6 Å². The number of nitrogens with zero attached hydrogens (tertiary/aromatic N) is 4. The summed E-state index contributed by atoms with van der Waals surface area (Å²) in [6.45, 7) is 2.02. The Kier molecular flexibility index (Phi) is 3.11. The molecule has 0 unspecified atom stereocenters. The van der Waals surface area contributed by atoms with Crippen LogP contribution in [0.25, 0.3) is 10.2 Å². The van der Waals surface area contributed by atoms with Crippen LogP contribution in [0.1, 0.15) is 49.2 Å². The standard InChI is InChI=1S/C17H18N4OS/c1-2-4-14-13(3-1)18-17(23-14)21-9-7-11(8-10-21)15-19-16(22-20-15)12-5-6-12/h1-4,11-12H,5-10H2. The molecular formula is C17H18N4OS. The van der Waals surface area contributed by atoms with Gasteiger partial charge in [-0.3, -0.25) is 0 Å². The summed E-state index contributed by atoms with van der Waals surface area (Å²) >= 11 is 1.78. The van der Waals surface area contributed by atoms with E-state index in [4.69, 9.17) is 9.51 Å². The van der Waals surface area contributed by atoms with Gasteiger partial charge in [-0.05, 0) is 37.8 Å². The maximum absolute atomic E-state index is 5.41. The highest BCUT2D eigenvalue weighted by molar-refractivity contribution is 7.22. The first-order valence-corrected chi connectivity index (χ1v) is 9.12. The highest BCUT2D eigenvalue weighted by Crippen LogP contribution is 2.40. The fraction of sp³-hybridized carbons (Fsp3) is 0.471. The van der Waals surface area contributed by atoms with Crippen molar-refractivity contribution < 1.29 is 4.52 Å². The Morgan fingerprint density at radius 3 is 2.61 bits per heavy atom. The lowest BCUT2D eigenvalue weighted by Gasteiger charge is -2.30. The average Bonchev–Trinajstić information content (AvgIpc) is 3.17. The molecule has 5 nitrogen and oxygen atoms in total. The number of aromatic nitrogens is 3. The molecule has 0 amide bonds. The second-order valence-electron chi connectivity index (χ2n) is 6.49. The number of hydrogen-bond acceptors (Lipinski definition) is 6. The fourth-order valence-electron chi connectivity index (χ4n) is 3.23. The van der Waals surface area contributed by atoms with Gasteiger partial charge in [-0.25, -0.2) is 4.98 Å². The highest BCUT2D eigenvalue weighted by Gasteiger charge is 2.32. The van der Waals surface area contributed by atoms with Gasteiger partial charge in [0.25, 0.3) is 0 Å². The van der Waals surface area contributed by atoms with Crippen molar-refractivity contribution in [2.24, 2.45) is 0 Å². The van der Waals surface area contributed by atoms with Crippen molar-refractivity contribution in [2.45, 2.75) is 37.5 Å². The molecule has 2 aromatic heterocycles. The van der Waals surface area contributed by atoms with E-state index in [-0.39, 0.29) is 0 Å². The number of rotatable bonds is 3. The first-order chi connectivity index (χ1) is 11.4. The van der Waals surface area contributed by atoms with E-state index in [1.807, 2.05) is 6.07 Å². The van der Waals surface area contributed by atoms with Crippen LogP contribution in [0.5, 0.6) is 0 Å². The molecule has 1 saturated heterocycles. The molecule has 0 spiro atoms. The van der Waals surface area contributed by atoms with Gasteiger partial charge in [0.05, 0.1) is 10.2 Å². The van der Waals surface area contributed by atoms with Crippen molar-refractivity contribution >= 4 is 26.7 Å². The van der Waals surface area contributed by atoms with E-state index >= 15 is 0 Å². The van der Waals surface area contributed by atoms with E-state index in [0.717, 1.165) is 48.3 Å². The van der Waals surface area contributed by atoms with Crippen LogP contribution >= 0.6 is 11.3 Å². The van der Waals surface area contributed by atoms with E-state index in [0.29, 0.717) is 11.8 Å². The minimum absolute atomic E-state index is 0.428. The van der Waals surface area contributed by atoms with Gasteiger partial charge < -0.3 is 9.42 Å². The van der Waals surface area contributed by atoms with E-state index in [2.05, 4.69) is 33.2 Å². The molecule has 1 aliphatic heterocycles. The topological polar surface area (TPSA) is 55.1 Å². The van der Waals surface area contributed by atoms with Gasteiger partial charge in [-0.15, -0.1) is 0 Å². The lowest BCUT2D eigenvalue weighted by Crippen LogP contribution is -2.33. The number of para-hydroxylation sites is 1. The molecule has 1 aromatic carbocycles. The molecule has 2 aliphatic rings. The Labute approximate surface area is 138 Å². The van der Waals surface area contributed by atoms with E-state index < -0.39 is 0 Å². The zero-order valence-electron chi connectivity index (χ0n) is 12.8. The number of hydrogen-bond donors (Lipinski definition) is 0. The third-order valence-corrected chi connectivity index (χ3v) is 5.89. The van der Waals surface area contributed by atoms with E-state index in [1.54, 1.807) is 11.3 Å². The summed E-state index contributed by atoms with van der Waals surface area (Å²) in [5, 5.41) is 5.35. The predicted molar refractivity (Wildman–Crippen MR) is 90.1 cm³/mol. The first kappa shape index (κ1) is 13.5. The van der Waals surface area contributed by atoms with Gasteiger partial charge in [0.2, 0.25) is 5.89 Å². The number of fused-ring (bicyclic) bond motifs is 1. The summed E-state index contributed by atoms with van der Waals surface area (Å²) in [5.41, 5.74) is 1.10. The monoisotopic (exact) mass is 326 g/mol. The SMILES string of the molecule is c1ccc2sc(N3CCC(c4noc(C5CC5)n4)CC3)nc2c1. The molecule has 0 atom stereocenters. The Hall–Kier alpha value is -1.95. The van der Waals surface area contributed by atoms with Crippen molar-refractivity contribution in [3.05, 3.63) is 36.0 Å². The Balaban J connectivity index is 1.29. The van der Waals surface area contributed by atoms with Crippen molar-refractivity contribution in [3.63, 3.8) is 0 Å². The summed E-state index contributed by atoms with van der Waals surface area (Å²) in [4.78, 5) is 11.8. The lowest BCUT2D eigenvalue weighted by atomic mass is 9.96. The summed E-state index contributed by atoms with van der Waals surface area (Å²) in [7, 11) is 0. The van der Waals surface area contributed by atoms with Gasteiger partial charge in [-0.2, -0.15) is 4.98 Å². The van der Waals surface area contributed by atoms with Crippen molar-refractivity contribution in [2.75, 3.05) is 18.0 Å². The second-order valence-corrected chi connectivity index (χ2v) is 7.50. The fourth-order valence-corrected chi connectivity index (χ4v) is 4.25. The molecule has 23 heavy (non-hydrogen) atoms. The maximum Gasteiger partial charge on any atom is 0.229 e. The third kappa shape index (κ3) is 2.51.